The van der Waals surface area contributed by atoms with Crippen molar-refractivity contribution in [2.75, 3.05) is 0 Å². The number of rotatable bonds is 0. The normalized spacial score (nSPS) is 11.6. The van der Waals surface area contributed by atoms with Gasteiger partial charge in [-0.25, -0.2) is 0 Å². The summed E-state index contributed by atoms with van der Waals surface area (Å²) in [6.45, 7) is 6.16. The first-order chi connectivity index (χ1) is 7.43. The molecule has 0 saturated carbocycles. The van der Waals surface area contributed by atoms with Crippen molar-refractivity contribution < 1.29 is 5.11 Å². The maximum Gasteiger partial charge on any atom is 0.116 e. The second-order valence-corrected chi connectivity index (χ2v) is 4.97. The summed E-state index contributed by atoms with van der Waals surface area (Å²) < 4.78 is 0. The van der Waals surface area contributed by atoms with Crippen LogP contribution in [-0.2, 0) is 5.41 Å². The van der Waals surface area contributed by atoms with Crippen molar-refractivity contribution in [3.8, 4) is 11.8 Å². The number of fused-ring (bicyclic) bond motifs is 1. The number of nitrogens with one attached hydrogen (secondary N) is 1. The molecule has 0 aliphatic heterocycles. The summed E-state index contributed by atoms with van der Waals surface area (Å²) in [6, 6.07) is 7.24. The van der Waals surface area contributed by atoms with Gasteiger partial charge in [-0.3, -0.25) is 0 Å². The van der Waals surface area contributed by atoms with Crippen LogP contribution in [0.5, 0.6) is 5.75 Å². The van der Waals surface area contributed by atoms with E-state index in [0.717, 1.165) is 16.6 Å². The Morgan fingerprint density at radius 2 is 2.00 bits per heavy atom. The molecule has 2 rings (SSSR count). The van der Waals surface area contributed by atoms with Gasteiger partial charge in [0.2, 0.25) is 0 Å². The highest BCUT2D eigenvalue weighted by atomic mass is 16.3. The molecular weight excluding hydrogens is 200 g/mol. The van der Waals surface area contributed by atoms with Crippen molar-refractivity contribution in [2.24, 2.45) is 0 Å². The smallest absolute Gasteiger partial charge is 0.116 e. The topological polar surface area (TPSA) is 59.8 Å². The van der Waals surface area contributed by atoms with Crippen molar-refractivity contribution in [3.05, 3.63) is 29.5 Å². The first kappa shape index (κ1) is 10.6. The lowest BCUT2D eigenvalue weighted by molar-refractivity contribution is 0.476. The minimum Gasteiger partial charge on any atom is -0.508 e. The number of benzene rings is 1. The van der Waals surface area contributed by atoms with Crippen molar-refractivity contribution in [1.82, 2.24) is 4.98 Å². The average Bonchev–Trinajstić information content (AvgIpc) is 2.54. The van der Waals surface area contributed by atoms with Crippen molar-refractivity contribution >= 4 is 10.9 Å². The number of aromatic hydroxyl groups is 1. The number of nitriles is 1. The van der Waals surface area contributed by atoms with E-state index in [2.05, 4.69) is 31.8 Å². The van der Waals surface area contributed by atoms with Gasteiger partial charge in [0.05, 0.1) is 5.56 Å². The van der Waals surface area contributed by atoms with Gasteiger partial charge in [-0.05, 0) is 18.2 Å². The SMILES string of the molecule is CC(C)(C)c1[nH]c2ccc(O)cc2c1C#N. The Bertz CT molecular complexity index is 582. The second kappa shape index (κ2) is 3.28. The average molecular weight is 214 g/mol. The van der Waals surface area contributed by atoms with Crippen LogP contribution in [0.3, 0.4) is 0 Å². The van der Waals surface area contributed by atoms with Gasteiger partial charge in [0.15, 0.2) is 0 Å². The Morgan fingerprint density at radius 1 is 1.31 bits per heavy atom. The number of hydrogen-bond acceptors (Lipinski definition) is 2. The Kier molecular flexibility index (Phi) is 2.16. The quantitative estimate of drug-likeness (QED) is 0.708. The number of phenols is 1. The summed E-state index contributed by atoms with van der Waals surface area (Å²) in [5.41, 5.74) is 2.31. The monoisotopic (exact) mass is 214 g/mol. The number of hydrogen-bond donors (Lipinski definition) is 2. The van der Waals surface area contributed by atoms with Gasteiger partial charge in [0, 0.05) is 22.0 Å². The molecule has 0 amide bonds. The van der Waals surface area contributed by atoms with E-state index in [9.17, 15) is 10.4 Å². The number of nitrogens with zero attached hydrogens (tertiary/aromatic N) is 1. The lowest BCUT2D eigenvalue weighted by Crippen LogP contribution is -2.13. The van der Waals surface area contributed by atoms with Crippen molar-refractivity contribution in [2.45, 2.75) is 26.2 Å². The first-order valence-electron chi connectivity index (χ1n) is 5.19. The van der Waals surface area contributed by atoms with Crippen LogP contribution in [-0.4, -0.2) is 10.1 Å². The predicted molar refractivity (Wildman–Crippen MR) is 63.4 cm³/mol. The van der Waals surface area contributed by atoms with Gasteiger partial charge in [-0.1, -0.05) is 20.8 Å². The van der Waals surface area contributed by atoms with E-state index in [4.69, 9.17) is 0 Å². The summed E-state index contributed by atoms with van der Waals surface area (Å²) in [7, 11) is 0. The maximum atomic E-state index is 9.44. The molecule has 0 aliphatic carbocycles. The zero-order valence-electron chi connectivity index (χ0n) is 9.63. The van der Waals surface area contributed by atoms with Gasteiger partial charge in [-0.15, -0.1) is 0 Å². The minimum absolute atomic E-state index is 0.111. The van der Waals surface area contributed by atoms with E-state index >= 15 is 0 Å². The summed E-state index contributed by atoms with van der Waals surface area (Å²) in [4.78, 5) is 3.25. The molecule has 1 aromatic carbocycles. The van der Waals surface area contributed by atoms with E-state index in [1.807, 2.05) is 0 Å². The van der Waals surface area contributed by atoms with Crippen molar-refractivity contribution in [3.63, 3.8) is 0 Å². The van der Waals surface area contributed by atoms with Crippen LogP contribution < -0.4 is 0 Å². The van der Waals surface area contributed by atoms with Gasteiger partial charge in [-0.2, -0.15) is 5.26 Å². The third-order valence-electron chi connectivity index (χ3n) is 2.64. The summed E-state index contributed by atoms with van der Waals surface area (Å²) in [5, 5.41) is 19.4. The summed E-state index contributed by atoms with van der Waals surface area (Å²) >= 11 is 0. The minimum atomic E-state index is -0.111. The van der Waals surface area contributed by atoms with Crippen LogP contribution >= 0.6 is 0 Å². The largest absolute Gasteiger partial charge is 0.508 e. The molecule has 2 aromatic rings. The van der Waals surface area contributed by atoms with E-state index in [-0.39, 0.29) is 11.2 Å². The van der Waals surface area contributed by atoms with E-state index in [1.54, 1.807) is 18.2 Å². The molecule has 16 heavy (non-hydrogen) atoms. The molecule has 0 unspecified atom stereocenters. The standard InChI is InChI=1S/C13H14N2O/c1-13(2,3)12-10(7-14)9-6-8(16)4-5-11(9)15-12/h4-6,15-16H,1-3H3. The molecule has 82 valence electrons. The molecule has 0 aliphatic rings. The van der Waals surface area contributed by atoms with Gasteiger partial charge < -0.3 is 10.1 Å². The van der Waals surface area contributed by atoms with E-state index in [1.165, 1.54) is 0 Å². The zero-order chi connectivity index (χ0) is 11.9. The fraction of sp³-hybridized carbons (Fsp3) is 0.308. The lowest BCUT2D eigenvalue weighted by Gasteiger charge is -2.16. The van der Waals surface area contributed by atoms with E-state index < -0.39 is 0 Å². The molecular formula is C13H14N2O. The number of aromatic nitrogens is 1. The van der Waals surface area contributed by atoms with Crippen LogP contribution in [0.15, 0.2) is 18.2 Å². The van der Waals surface area contributed by atoms with Crippen LogP contribution in [0, 0.1) is 11.3 Å². The third kappa shape index (κ3) is 1.53. The maximum absolute atomic E-state index is 9.44. The molecule has 0 atom stereocenters. The van der Waals surface area contributed by atoms with Crippen LogP contribution in [0.4, 0.5) is 0 Å². The van der Waals surface area contributed by atoms with Gasteiger partial charge in [0.1, 0.15) is 11.8 Å². The number of phenolic OH excluding ortho intramolecular Hbond substituents is 1. The molecule has 2 N–H and O–H groups in total. The highest BCUT2D eigenvalue weighted by Gasteiger charge is 2.22. The Morgan fingerprint density at radius 3 is 2.56 bits per heavy atom. The molecule has 0 fully saturated rings. The number of aromatic amines is 1. The Labute approximate surface area is 94.3 Å². The van der Waals surface area contributed by atoms with Gasteiger partial charge >= 0.3 is 0 Å². The Hall–Kier alpha value is -1.95. The molecule has 0 bridgehead atoms. The summed E-state index contributed by atoms with van der Waals surface area (Å²) in [6.07, 6.45) is 0. The Balaban J connectivity index is 2.84. The molecule has 3 heteroatoms. The zero-order valence-corrected chi connectivity index (χ0v) is 9.63. The van der Waals surface area contributed by atoms with Gasteiger partial charge in [0.25, 0.3) is 0 Å². The van der Waals surface area contributed by atoms with Crippen LogP contribution in [0.25, 0.3) is 10.9 Å². The van der Waals surface area contributed by atoms with Crippen LogP contribution in [0.1, 0.15) is 32.0 Å². The lowest BCUT2D eigenvalue weighted by atomic mass is 9.89. The van der Waals surface area contributed by atoms with Crippen LogP contribution in [0.2, 0.25) is 0 Å². The molecule has 1 aromatic heterocycles. The molecule has 0 radical (unpaired) electrons. The molecule has 1 heterocycles. The molecule has 0 spiro atoms. The van der Waals surface area contributed by atoms with E-state index in [0.29, 0.717) is 5.56 Å². The summed E-state index contributed by atoms with van der Waals surface area (Å²) in [5.74, 6) is 0.184. The second-order valence-electron chi connectivity index (χ2n) is 4.97. The number of H-pyrrole nitrogens is 1. The molecule has 0 saturated heterocycles. The molecule has 3 nitrogen and oxygen atoms in total. The highest BCUT2D eigenvalue weighted by Crippen LogP contribution is 2.32. The fourth-order valence-corrected chi connectivity index (χ4v) is 1.86. The third-order valence-corrected chi connectivity index (χ3v) is 2.64. The van der Waals surface area contributed by atoms with Crippen molar-refractivity contribution in [1.29, 1.82) is 5.26 Å². The fourth-order valence-electron chi connectivity index (χ4n) is 1.86. The first-order valence-corrected chi connectivity index (χ1v) is 5.19. The highest BCUT2D eigenvalue weighted by molar-refractivity contribution is 5.88. The predicted octanol–water partition coefficient (Wildman–Crippen LogP) is 3.04.